The molecule has 1 aliphatic rings. The summed E-state index contributed by atoms with van der Waals surface area (Å²) in [6.07, 6.45) is -0.124. The molecule has 1 aromatic rings. The average molecular weight is 360 g/mol. The fraction of sp³-hybridized carbons (Fsp3) is 0.455. The highest BCUT2D eigenvalue weighted by molar-refractivity contribution is 9.09. The van der Waals surface area contributed by atoms with Gasteiger partial charge in [0.15, 0.2) is 0 Å². The molecule has 0 radical (unpaired) electrons. The lowest BCUT2D eigenvalue weighted by atomic mass is 10.1. The second-order valence-electron chi connectivity index (χ2n) is 3.72. The molecule has 0 unspecified atom stereocenters. The summed E-state index contributed by atoms with van der Waals surface area (Å²) in [6, 6.07) is 5.24. The van der Waals surface area contributed by atoms with Gasteiger partial charge in [0.25, 0.3) is 0 Å². The van der Waals surface area contributed by atoms with Crippen molar-refractivity contribution in [3.8, 4) is 0 Å². The number of alkyl halides is 2. The predicted octanol–water partition coefficient (Wildman–Crippen LogP) is 4.20. The zero-order valence-corrected chi connectivity index (χ0v) is 12.6. The van der Waals surface area contributed by atoms with Gasteiger partial charge in [-0.15, -0.1) is 11.6 Å². The highest BCUT2D eigenvalue weighted by atomic mass is 79.9. The van der Waals surface area contributed by atoms with Gasteiger partial charge in [0.1, 0.15) is 0 Å². The molecular formula is C11H10BrCl3O2. The molecule has 1 fully saturated rings. The number of ether oxygens (including phenoxy) is 2. The Balaban J connectivity index is 2.35. The first-order chi connectivity index (χ1) is 8.11. The lowest BCUT2D eigenvalue weighted by Gasteiger charge is -2.27. The quantitative estimate of drug-likeness (QED) is 0.753. The summed E-state index contributed by atoms with van der Waals surface area (Å²) in [5.41, 5.74) is 0.757. The van der Waals surface area contributed by atoms with Crippen molar-refractivity contribution in [2.75, 3.05) is 17.8 Å². The summed E-state index contributed by atoms with van der Waals surface area (Å²) in [4.78, 5) is 0. The van der Waals surface area contributed by atoms with Crippen molar-refractivity contribution in [2.24, 2.45) is 0 Å². The minimum atomic E-state index is -0.874. The minimum Gasteiger partial charge on any atom is -0.342 e. The van der Waals surface area contributed by atoms with Gasteiger partial charge in [-0.05, 0) is 12.1 Å². The minimum absolute atomic E-state index is 0.124. The van der Waals surface area contributed by atoms with E-state index in [2.05, 4.69) is 15.9 Å². The lowest BCUT2D eigenvalue weighted by molar-refractivity contribution is -0.154. The van der Waals surface area contributed by atoms with Crippen LogP contribution in [-0.4, -0.2) is 23.9 Å². The molecule has 94 valence electrons. The maximum Gasteiger partial charge on any atom is 0.206 e. The van der Waals surface area contributed by atoms with Crippen LogP contribution in [0.15, 0.2) is 18.2 Å². The van der Waals surface area contributed by atoms with Crippen molar-refractivity contribution in [3.05, 3.63) is 33.8 Å². The normalized spacial score (nSPS) is 28.6. The van der Waals surface area contributed by atoms with Gasteiger partial charge in [-0.2, -0.15) is 0 Å². The van der Waals surface area contributed by atoms with E-state index in [1.54, 1.807) is 12.1 Å². The molecule has 1 aromatic carbocycles. The van der Waals surface area contributed by atoms with Crippen molar-refractivity contribution in [1.82, 2.24) is 0 Å². The second-order valence-corrected chi connectivity index (χ2v) is 5.43. The predicted molar refractivity (Wildman–Crippen MR) is 73.5 cm³/mol. The Hall–Kier alpha value is 0.490. The summed E-state index contributed by atoms with van der Waals surface area (Å²) >= 11 is 21.2. The van der Waals surface area contributed by atoms with E-state index in [1.807, 2.05) is 6.07 Å². The third kappa shape index (κ3) is 2.75. The Bertz CT molecular complexity index is 416. The molecule has 2 atom stereocenters. The smallest absolute Gasteiger partial charge is 0.206 e. The van der Waals surface area contributed by atoms with Crippen molar-refractivity contribution >= 4 is 50.7 Å². The van der Waals surface area contributed by atoms with Gasteiger partial charge in [0, 0.05) is 10.6 Å². The van der Waals surface area contributed by atoms with E-state index in [4.69, 9.17) is 44.3 Å². The van der Waals surface area contributed by atoms with Gasteiger partial charge in [0.2, 0.25) is 5.79 Å². The molecule has 1 heterocycles. The largest absolute Gasteiger partial charge is 0.342 e. The number of rotatable bonds is 3. The van der Waals surface area contributed by atoms with E-state index in [1.165, 1.54) is 0 Å². The summed E-state index contributed by atoms with van der Waals surface area (Å²) in [6.45, 7) is 0.452. The first-order valence-corrected chi connectivity index (χ1v) is 7.42. The lowest BCUT2D eigenvalue weighted by Crippen LogP contribution is -2.30. The van der Waals surface area contributed by atoms with Crippen LogP contribution in [0, 0.1) is 0 Å². The molecule has 1 saturated heterocycles. The Kier molecular flexibility index (Phi) is 4.61. The molecule has 6 heteroatoms. The van der Waals surface area contributed by atoms with Crippen LogP contribution in [0.5, 0.6) is 0 Å². The SMILES string of the molecule is ClC[C@@H]1CO[C@@](CBr)(c2ccc(Cl)cc2Cl)O1. The first-order valence-electron chi connectivity index (χ1n) is 5.00. The molecule has 0 amide bonds. The molecule has 0 N–H and O–H groups in total. The fourth-order valence-electron chi connectivity index (χ4n) is 1.72. The molecular weight excluding hydrogens is 350 g/mol. The Morgan fingerprint density at radius 2 is 2.18 bits per heavy atom. The first kappa shape index (κ1) is 13.9. The maximum atomic E-state index is 6.17. The maximum absolute atomic E-state index is 6.17. The zero-order chi connectivity index (χ0) is 12.5. The van der Waals surface area contributed by atoms with Gasteiger partial charge in [-0.3, -0.25) is 0 Å². The van der Waals surface area contributed by atoms with Gasteiger partial charge in [0.05, 0.1) is 28.9 Å². The van der Waals surface area contributed by atoms with Gasteiger partial charge in [-0.1, -0.05) is 45.2 Å². The van der Waals surface area contributed by atoms with Crippen LogP contribution < -0.4 is 0 Å². The van der Waals surface area contributed by atoms with Crippen LogP contribution >= 0.6 is 50.7 Å². The number of hydrogen-bond donors (Lipinski definition) is 0. The number of halogens is 4. The summed E-state index contributed by atoms with van der Waals surface area (Å²) < 4.78 is 11.5. The third-order valence-corrected chi connectivity index (χ3v) is 4.18. The zero-order valence-electron chi connectivity index (χ0n) is 8.76. The van der Waals surface area contributed by atoms with Crippen molar-refractivity contribution in [1.29, 1.82) is 0 Å². The average Bonchev–Trinajstić information content (AvgIpc) is 2.74. The molecule has 0 bridgehead atoms. The Morgan fingerprint density at radius 3 is 2.71 bits per heavy atom. The molecule has 1 aliphatic heterocycles. The Morgan fingerprint density at radius 1 is 1.41 bits per heavy atom. The number of hydrogen-bond acceptors (Lipinski definition) is 2. The van der Waals surface area contributed by atoms with E-state index in [0.29, 0.717) is 27.9 Å². The van der Waals surface area contributed by atoms with Crippen LogP contribution in [0.25, 0.3) is 0 Å². The molecule has 0 aliphatic carbocycles. The molecule has 0 spiro atoms. The summed E-state index contributed by atoms with van der Waals surface area (Å²) in [5.74, 6) is -0.485. The fourth-order valence-corrected chi connectivity index (χ4v) is 3.02. The van der Waals surface area contributed by atoms with E-state index in [-0.39, 0.29) is 6.10 Å². The van der Waals surface area contributed by atoms with E-state index >= 15 is 0 Å². The second kappa shape index (κ2) is 5.64. The summed E-state index contributed by atoms with van der Waals surface area (Å²) in [5, 5.41) is 1.58. The molecule has 2 rings (SSSR count). The van der Waals surface area contributed by atoms with E-state index in [9.17, 15) is 0 Å². The summed E-state index contributed by atoms with van der Waals surface area (Å²) in [7, 11) is 0. The van der Waals surface area contributed by atoms with Crippen LogP contribution in [0.2, 0.25) is 10.0 Å². The molecule has 2 nitrogen and oxygen atoms in total. The standard InChI is InChI=1S/C11H10BrCl3O2/c12-6-11(16-5-8(4-13)17-11)9-2-1-7(14)3-10(9)15/h1-3,8H,4-6H2/t8-,11-/m1/s1. The van der Waals surface area contributed by atoms with E-state index in [0.717, 1.165) is 5.56 Å². The Labute approximate surface area is 123 Å². The van der Waals surface area contributed by atoms with Crippen LogP contribution in [0.4, 0.5) is 0 Å². The van der Waals surface area contributed by atoms with Crippen LogP contribution in [0.1, 0.15) is 5.56 Å². The van der Waals surface area contributed by atoms with Crippen LogP contribution in [0.3, 0.4) is 0 Å². The van der Waals surface area contributed by atoms with Crippen LogP contribution in [-0.2, 0) is 15.3 Å². The molecule has 0 saturated carbocycles. The number of benzene rings is 1. The third-order valence-electron chi connectivity index (χ3n) is 2.55. The topological polar surface area (TPSA) is 18.5 Å². The van der Waals surface area contributed by atoms with Gasteiger partial charge < -0.3 is 9.47 Å². The molecule has 0 aromatic heterocycles. The van der Waals surface area contributed by atoms with Crippen molar-refractivity contribution < 1.29 is 9.47 Å². The van der Waals surface area contributed by atoms with E-state index < -0.39 is 5.79 Å². The molecule has 17 heavy (non-hydrogen) atoms. The highest BCUT2D eigenvalue weighted by Crippen LogP contribution is 2.40. The van der Waals surface area contributed by atoms with Gasteiger partial charge in [-0.25, -0.2) is 0 Å². The monoisotopic (exact) mass is 358 g/mol. The van der Waals surface area contributed by atoms with Crippen molar-refractivity contribution in [2.45, 2.75) is 11.9 Å². The highest BCUT2D eigenvalue weighted by Gasteiger charge is 2.43. The van der Waals surface area contributed by atoms with Gasteiger partial charge >= 0.3 is 0 Å². The van der Waals surface area contributed by atoms with Crippen molar-refractivity contribution in [3.63, 3.8) is 0 Å².